The molecule has 0 amide bonds. The Morgan fingerprint density at radius 3 is 2.55 bits per heavy atom. The van der Waals surface area contributed by atoms with Gasteiger partial charge in [-0.3, -0.25) is 0 Å². The van der Waals surface area contributed by atoms with Crippen LogP contribution in [0, 0.1) is 17.8 Å². The number of nitrogens with zero attached hydrogens (tertiary/aromatic N) is 1. The lowest BCUT2D eigenvalue weighted by Gasteiger charge is -2.37. The summed E-state index contributed by atoms with van der Waals surface area (Å²) in [5.41, 5.74) is 0. The van der Waals surface area contributed by atoms with E-state index < -0.39 is 0 Å². The van der Waals surface area contributed by atoms with E-state index in [0.29, 0.717) is 0 Å². The molecule has 0 radical (unpaired) electrons. The van der Waals surface area contributed by atoms with Crippen molar-refractivity contribution in [1.82, 2.24) is 10.2 Å². The van der Waals surface area contributed by atoms with E-state index in [9.17, 15) is 0 Å². The number of rotatable bonds is 5. The Morgan fingerprint density at radius 2 is 1.85 bits per heavy atom. The molecule has 2 heteroatoms. The highest BCUT2D eigenvalue weighted by molar-refractivity contribution is 4.93. The largest absolute Gasteiger partial charge is 0.313 e. The minimum absolute atomic E-state index is 0.742. The molecule has 5 unspecified atom stereocenters. The summed E-state index contributed by atoms with van der Waals surface area (Å²) in [4.78, 5) is 2.74. The molecular formula is C18H34N2. The summed E-state index contributed by atoms with van der Waals surface area (Å²) in [7, 11) is 2.41. The molecule has 0 spiro atoms. The van der Waals surface area contributed by atoms with Gasteiger partial charge in [-0.05, 0) is 63.5 Å². The van der Waals surface area contributed by atoms with E-state index in [-0.39, 0.29) is 0 Å². The van der Waals surface area contributed by atoms with Crippen molar-refractivity contribution in [3.8, 4) is 0 Å². The van der Waals surface area contributed by atoms with Crippen molar-refractivity contribution in [2.45, 2.75) is 76.8 Å². The molecule has 1 N–H and O–H groups in total. The second kappa shape index (κ2) is 6.79. The molecule has 0 aliphatic heterocycles. The molecule has 0 aromatic rings. The van der Waals surface area contributed by atoms with Crippen molar-refractivity contribution in [3.63, 3.8) is 0 Å². The van der Waals surface area contributed by atoms with Crippen LogP contribution in [0.15, 0.2) is 0 Å². The Labute approximate surface area is 125 Å². The van der Waals surface area contributed by atoms with Crippen LogP contribution in [0.1, 0.15) is 64.7 Å². The molecule has 3 fully saturated rings. The minimum Gasteiger partial charge on any atom is -0.313 e. The molecule has 2 bridgehead atoms. The average Bonchev–Trinajstić information content (AvgIpc) is 2.96. The number of hydrogen-bond acceptors (Lipinski definition) is 2. The van der Waals surface area contributed by atoms with Gasteiger partial charge in [-0.25, -0.2) is 0 Å². The predicted octanol–water partition coefficient (Wildman–Crippen LogP) is 3.67. The van der Waals surface area contributed by atoms with Crippen LogP contribution in [0.25, 0.3) is 0 Å². The van der Waals surface area contributed by atoms with Crippen LogP contribution in [0.5, 0.6) is 0 Å². The van der Waals surface area contributed by atoms with Gasteiger partial charge in [0.15, 0.2) is 0 Å². The van der Waals surface area contributed by atoms with Gasteiger partial charge in [0.1, 0.15) is 0 Å². The SMILES string of the molecule is CCNC1CCCCCC1N(C)CC1CC2CCC1C2. The molecule has 20 heavy (non-hydrogen) atoms. The van der Waals surface area contributed by atoms with E-state index >= 15 is 0 Å². The summed E-state index contributed by atoms with van der Waals surface area (Å²) >= 11 is 0. The fourth-order valence-electron chi connectivity index (χ4n) is 5.42. The Balaban J connectivity index is 1.57. The number of hydrogen-bond donors (Lipinski definition) is 1. The highest BCUT2D eigenvalue weighted by Gasteiger charge is 2.40. The van der Waals surface area contributed by atoms with Gasteiger partial charge in [-0.15, -0.1) is 0 Å². The minimum atomic E-state index is 0.742. The van der Waals surface area contributed by atoms with E-state index in [1.165, 1.54) is 57.9 Å². The molecule has 0 aromatic carbocycles. The van der Waals surface area contributed by atoms with Gasteiger partial charge in [0.25, 0.3) is 0 Å². The molecule has 116 valence electrons. The van der Waals surface area contributed by atoms with E-state index in [4.69, 9.17) is 0 Å². The van der Waals surface area contributed by atoms with Crippen molar-refractivity contribution in [2.75, 3.05) is 20.1 Å². The van der Waals surface area contributed by atoms with Crippen LogP contribution in [-0.4, -0.2) is 37.1 Å². The van der Waals surface area contributed by atoms with Gasteiger partial charge in [-0.1, -0.05) is 32.6 Å². The zero-order valence-corrected chi connectivity index (χ0v) is 13.6. The summed E-state index contributed by atoms with van der Waals surface area (Å²) in [6, 6.07) is 1.53. The van der Waals surface area contributed by atoms with E-state index in [1.807, 2.05) is 0 Å². The van der Waals surface area contributed by atoms with Crippen LogP contribution in [0.2, 0.25) is 0 Å². The van der Waals surface area contributed by atoms with Crippen LogP contribution in [-0.2, 0) is 0 Å². The van der Waals surface area contributed by atoms with E-state index in [0.717, 1.165) is 36.4 Å². The maximum absolute atomic E-state index is 3.77. The zero-order valence-electron chi connectivity index (χ0n) is 13.6. The molecule has 0 saturated heterocycles. The lowest BCUT2D eigenvalue weighted by atomic mass is 9.87. The normalized spacial score (nSPS) is 41.2. The van der Waals surface area contributed by atoms with Crippen molar-refractivity contribution in [1.29, 1.82) is 0 Å². The molecular weight excluding hydrogens is 244 g/mol. The lowest BCUT2D eigenvalue weighted by Crippen LogP contribution is -2.49. The standard InChI is InChI=1S/C18H34N2/c1-3-19-17-7-5-4-6-8-18(17)20(2)13-16-12-14-9-10-15(16)11-14/h14-19H,3-13H2,1-2H3. The molecule has 3 rings (SSSR count). The third-order valence-corrected chi connectivity index (χ3v) is 6.42. The van der Waals surface area contributed by atoms with Crippen LogP contribution in [0.3, 0.4) is 0 Å². The number of nitrogens with one attached hydrogen (secondary N) is 1. The first-order chi connectivity index (χ1) is 9.78. The highest BCUT2D eigenvalue weighted by Crippen LogP contribution is 2.48. The monoisotopic (exact) mass is 278 g/mol. The first-order valence-electron chi connectivity index (χ1n) is 9.21. The molecule has 3 aliphatic carbocycles. The topological polar surface area (TPSA) is 15.3 Å². The zero-order chi connectivity index (χ0) is 13.9. The van der Waals surface area contributed by atoms with Gasteiger partial charge < -0.3 is 10.2 Å². The van der Waals surface area contributed by atoms with Gasteiger partial charge in [-0.2, -0.15) is 0 Å². The van der Waals surface area contributed by atoms with Crippen LogP contribution >= 0.6 is 0 Å². The summed E-state index contributed by atoms with van der Waals surface area (Å²) in [5, 5.41) is 3.77. The van der Waals surface area contributed by atoms with Gasteiger partial charge in [0, 0.05) is 18.6 Å². The van der Waals surface area contributed by atoms with Crippen LogP contribution < -0.4 is 5.32 Å². The van der Waals surface area contributed by atoms with Crippen molar-refractivity contribution in [2.24, 2.45) is 17.8 Å². The van der Waals surface area contributed by atoms with E-state index in [1.54, 1.807) is 6.42 Å². The Bertz CT molecular complexity index is 304. The fraction of sp³-hybridized carbons (Fsp3) is 1.00. The first-order valence-corrected chi connectivity index (χ1v) is 9.21. The van der Waals surface area contributed by atoms with Crippen LogP contribution in [0.4, 0.5) is 0 Å². The summed E-state index contributed by atoms with van der Waals surface area (Å²) in [6.45, 7) is 4.76. The summed E-state index contributed by atoms with van der Waals surface area (Å²) < 4.78 is 0. The summed E-state index contributed by atoms with van der Waals surface area (Å²) in [5.74, 6) is 3.19. The Kier molecular flexibility index (Phi) is 5.04. The summed E-state index contributed by atoms with van der Waals surface area (Å²) in [6.07, 6.45) is 13.3. The molecule has 3 saturated carbocycles. The molecule has 0 heterocycles. The number of fused-ring (bicyclic) bond motifs is 2. The molecule has 2 nitrogen and oxygen atoms in total. The Hall–Kier alpha value is -0.0800. The smallest absolute Gasteiger partial charge is 0.0246 e. The van der Waals surface area contributed by atoms with Gasteiger partial charge in [0.05, 0.1) is 0 Å². The second-order valence-corrected chi connectivity index (χ2v) is 7.74. The number of likely N-dealkylation sites (N-methyl/N-ethyl adjacent to an activating group) is 2. The molecule has 0 aromatic heterocycles. The van der Waals surface area contributed by atoms with Crippen molar-refractivity contribution < 1.29 is 0 Å². The van der Waals surface area contributed by atoms with Crippen molar-refractivity contribution >= 4 is 0 Å². The predicted molar refractivity (Wildman–Crippen MR) is 85.9 cm³/mol. The van der Waals surface area contributed by atoms with E-state index in [2.05, 4.69) is 24.2 Å². The lowest BCUT2D eigenvalue weighted by molar-refractivity contribution is 0.138. The Morgan fingerprint density at radius 1 is 1.00 bits per heavy atom. The first kappa shape index (κ1) is 14.8. The molecule has 5 atom stereocenters. The maximum Gasteiger partial charge on any atom is 0.0246 e. The molecule has 3 aliphatic rings. The van der Waals surface area contributed by atoms with Gasteiger partial charge in [0.2, 0.25) is 0 Å². The van der Waals surface area contributed by atoms with Gasteiger partial charge >= 0.3 is 0 Å². The third-order valence-electron chi connectivity index (χ3n) is 6.42. The average molecular weight is 278 g/mol. The maximum atomic E-state index is 3.77. The third kappa shape index (κ3) is 3.22. The second-order valence-electron chi connectivity index (χ2n) is 7.74. The fourth-order valence-corrected chi connectivity index (χ4v) is 5.42. The highest BCUT2D eigenvalue weighted by atomic mass is 15.2. The quantitative estimate of drug-likeness (QED) is 0.772. The van der Waals surface area contributed by atoms with Crippen molar-refractivity contribution in [3.05, 3.63) is 0 Å².